The number of hydrogen-bond donors (Lipinski definition) is 2. The van der Waals surface area contributed by atoms with Gasteiger partial charge >= 0.3 is 5.97 Å². The lowest BCUT2D eigenvalue weighted by molar-refractivity contribution is -0.142. The van der Waals surface area contributed by atoms with Gasteiger partial charge in [-0.25, -0.2) is 9.97 Å². The summed E-state index contributed by atoms with van der Waals surface area (Å²) in [5.74, 6) is 1.19. The number of nitrogens with zero attached hydrogens (tertiary/aromatic N) is 2. The largest absolute Gasteiger partial charge is 0.496 e. The van der Waals surface area contributed by atoms with Crippen molar-refractivity contribution in [2.45, 2.75) is 20.3 Å². The maximum absolute atomic E-state index is 11.5. The van der Waals surface area contributed by atoms with Crippen molar-refractivity contribution in [3.05, 3.63) is 41.2 Å². The lowest BCUT2D eigenvalue weighted by atomic mass is 10.1. The second-order valence-corrected chi connectivity index (χ2v) is 6.44. The van der Waals surface area contributed by atoms with Crippen molar-refractivity contribution in [3.8, 4) is 17.1 Å². The number of rotatable bonds is 7. The highest BCUT2D eigenvalue weighted by Gasteiger charge is 2.12. The molecular formula is C18H20N4O3S. The fraction of sp³-hybridized carbons (Fsp3) is 0.278. The molecule has 0 spiro atoms. The number of carbonyl (C=O) groups excluding carboxylic acids is 1. The Morgan fingerprint density at radius 2 is 2.23 bits per heavy atom. The highest BCUT2D eigenvalue weighted by Crippen LogP contribution is 2.32. The molecular weight excluding hydrogens is 352 g/mol. The van der Waals surface area contributed by atoms with Crippen LogP contribution in [0.25, 0.3) is 11.4 Å². The minimum atomic E-state index is -0.274. The van der Waals surface area contributed by atoms with Crippen LogP contribution in [0.1, 0.15) is 18.3 Å². The molecule has 2 aromatic heterocycles. The van der Waals surface area contributed by atoms with Gasteiger partial charge in [0.05, 0.1) is 31.4 Å². The molecule has 0 bridgehead atoms. The third-order valence-corrected chi connectivity index (χ3v) is 4.40. The molecule has 0 atom stereocenters. The summed E-state index contributed by atoms with van der Waals surface area (Å²) in [5, 5.41) is 5.78. The summed E-state index contributed by atoms with van der Waals surface area (Å²) in [7, 11) is 1.62. The number of hydrogen-bond acceptors (Lipinski definition) is 7. The molecule has 3 aromatic rings. The molecule has 0 radical (unpaired) electrons. The van der Waals surface area contributed by atoms with Gasteiger partial charge in [0, 0.05) is 29.0 Å². The Kier molecular flexibility index (Phi) is 5.52. The fourth-order valence-electron chi connectivity index (χ4n) is 2.44. The summed E-state index contributed by atoms with van der Waals surface area (Å²) >= 11 is 1.43. The maximum atomic E-state index is 11.5. The van der Waals surface area contributed by atoms with Gasteiger partial charge in [0.1, 0.15) is 11.6 Å². The molecule has 2 N–H and O–H groups in total. The van der Waals surface area contributed by atoms with Crippen LogP contribution in [0.3, 0.4) is 0 Å². The molecule has 2 heterocycles. The predicted octanol–water partition coefficient (Wildman–Crippen LogP) is 3.70. The van der Waals surface area contributed by atoms with Crippen molar-refractivity contribution >= 4 is 28.1 Å². The molecule has 1 aromatic carbocycles. The molecule has 8 heteroatoms. The van der Waals surface area contributed by atoms with Gasteiger partial charge < -0.3 is 19.8 Å². The number of H-pyrrole nitrogens is 1. The second kappa shape index (κ2) is 8.01. The quantitative estimate of drug-likeness (QED) is 0.615. The van der Waals surface area contributed by atoms with Crippen LogP contribution in [0.5, 0.6) is 5.75 Å². The Morgan fingerprint density at radius 1 is 1.38 bits per heavy atom. The van der Waals surface area contributed by atoms with Crippen molar-refractivity contribution in [2.24, 2.45) is 0 Å². The van der Waals surface area contributed by atoms with E-state index in [9.17, 15) is 4.79 Å². The molecule has 0 fully saturated rings. The summed E-state index contributed by atoms with van der Waals surface area (Å²) in [6.07, 6.45) is 1.95. The first kappa shape index (κ1) is 17.9. The van der Waals surface area contributed by atoms with E-state index in [1.54, 1.807) is 20.2 Å². The van der Waals surface area contributed by atoms with E-state index in [-0.39, 0.29) is 12.4 Å². The summed E-state index contributed by atoms with van der Waals surface area (Å²) in [4.78, 5) is 23.5. The molecule has 0 saturated carbocycles. The van der Waals surface area contributed by atoms with Gasteiger partial charge in [-0.05, 0) is 26.0 Å². The van der Waals surface area contributed by atoms with Crippen LogP contribution in [-0.4, -0.2) is 34.6 Å². The predicted molar refractivity (Wildman–Crippen MR) is 101 cm³/mol. The number of benzene rings is 1. The first-order valence-electron chi connectivity index (χ1n) is 8.16. The Morgan fingerprint density at radius 3 is 2.92 bits per heavy atom. The van der Waals surface area contributed by atoms with E-state index in [0.29, 0.717) is 23.2 Å². The van der Waals surface area contributed by atoms with Crippen molar-refractivity contribution in [3.63, 3.8) is 0 Å². The molecule has 0 amide bonds. The smallest absolute Gasteiger partial charge is 0.311 e. The minimum absolute atomic E-state index is 0.173. The first-order valence-corrected chi connectivity index (χ1v) is 9.04. The van der Waals surface area contributed by atoms with E-state index >= 15 is 0 Å². The van der Waals surface area contributed by atoms with Gasteiger partial charge in [-0.3, -0.25) is 4.79 Å². The minimum Gasteiger partial charge on any atom is -0.496 e. The molecule has 26 heavy (non-hydrogen) atoms. The van der Waals surface area contributed by atoms with E-state index in [0.717, 1.165) is 22.8 Å². The van der Waals surface area contributed by atoms with E-state index in [1.165, 1.54) is 11.3 Å². The van der Waals surface area contributed by atoms with Crippen LogP contribution in [-0.2, 0) is 16.0 Å². The molecule has 136 valence electrons. The number of aromatic amines is 1. The summed E-state index contributed by atoms with van der Waals surface area (Å²) in [6, 6.07) is 5.76. The zero-order valence-corrected chi connectivity index (χ0v) is 15.6. The molecule has 0 aliphatic heterocycles. The number of aryl methyl sites for hydroxylation is 1. The van der Waals surface area contributed by atoms with E-state index in [4.69, 9.17) is 9.47 Å². The summed E-state index contributed by atoms with van der Waals surface area (Å²) in [5.41, 5.74) is 3.39. The third-order valence-electron chi connectivity index (χ3n) is 3.59. The second-order valence-electron chi connectivity index (χ2n) is 5.58. The van der Waals surface area contributed by atoms with Crippen LogP contribution in [0, 0.1) is 6.92 Å². The van der Waals surface area contributed by atoms with Gasteiger partial charge in [-0.1, -0.05) is 0 Å². The van der Waals surface area contributed by atoms with E-state index in [1.807, 2.05) is 30.5 Å². The van der Waals surface area contributed by atoms with Gasteiger partial charge in [0.25, 0.3) is 0 Å². The normalized spacial score (nSPS) is 10.6. The fourth-order valence-corrected chi connectivity index (χ4v) is 3.17. The number of aromatic nitrogens is 3. The average Bonchev–Trinajstić information content (AvgIpc) is 3.24. The highest BCUT2D eigenvalue weighted by atomic mass is 32.1. The van der Waals surface area contributed by atoms with Crippen LogP contribution < -0.4 is 10.1 Å². The summed E-state index contributed by atoms with van der Waals surface area (Å²) in [6.45, 7) is 4.11. The van der Waals surface area contributed by atoms with Gasteiger partial charge in [0.15, 0.2) is 5.13 Å². The number of ether oxygens (including phenoxy) is 2. The zero-order chi connectivity index (χ0) is 18.5. The van der Waals surface area contributed by atoms with Crippen molar-refractivity contribution in [1.29, 1.82) is 0 Å². The van der Waals surface area contributed by atoms with Crippen LogP contribution >= 0.6 is 11.3 Å². The number of thiazole rings is 1. The Hall–Kier alpha value is -2.87. The number of methoxy groups -OCH3 is 1. The maximum Gasteiger partial charge on any atom is 0.311 e. The van der Waals surface area contributed by atoms with Crippen LogP contribution in [0.15, 0.2) is 29.8 Å². The summed E-state index contributed by atoms with van der Waals surface area (Å²) < 4.78 is 10.4. The van der Waals surface area contributed by atoms with Crippen LogP contribution in [0.2, 0.25) is 0 Å². The monoisotopic (exact) mass is 372 g/mol. The van der Waals surface area contributed by atoms with Crippen molar-refractivity contribution in [2.75, 3.05) is 19.0 Å². The lowest BCUT2D eigenvalue weighted by Gasteiger charge is -2.09. The van der Waals surface area contributed by atoms with Gasteiger partial charge in [0.2, 0.25) is 0 Å². The number of nitrogens with one attached hydrogen (secondary N) is 2. The third kappa shape index (κ3) is 4.20. The standard InChI is InChI=1S/C18H20N4O3S/c1-4-25-16(23)8-13-10-26-18(22-13)21-12-5-6-14(15(7-12)24-3)17-19-9-11(2)20-17/h5-7,9-10H,4,8H2,1-3H3,(H,19,20)(H,21,22). The molecule has 0 aliphatic rings. The van der Waals surface area contributed by atoms with Crippen molar-refractivity contribution < 1.29 is 14.3 Å². The average molecular weight is 372 g/mol. The Labute approximate surface area is 155 Å². The number of anilines is 2. The molecule has 0 aliphatic carbocycles. The zero-order valence-electron chi connectivity index (χ0n) is 14.8. The molecule has 0 unspecified atom stereocenters. The van der Waals surface area contributed by atoms with E-state index in [2.05, 4.69) is 20.3 Å². The van der Waals surface area contributed by atoms with Crippen LogP contribution in [0.4, 0.5) is 10.8 Å². The molecule has 0 saturated heterocycles. The van der Waals surface area contributed by atoms with Gasteiger partial charge in [-0.2, -0.15) is 0 Å². The number of imidazole rings is 1. The molecule has 3 rings (SSSR count). The molecule has 7 nitrogen and oxygen atoms in total. The number of esters is 1. The topological polar surface area (TPSA) is 89.1 Å². The Bertz CT molecular complexity index is 903. The first-order chi connectivity index (χ1) is 12.6. The number of carbonyl (C=O) groups is 1. The lowest BCUT2D eigenvalue weighted by Crippen LogP contribution is -2.07. The SMILES string of the molecule is CCOC(=O)Cc1csc(Nc2ccc(-c3ncc(C)[nH]3)c(OC)c2)n1. The Balaban J connectivity index is 1.74. The van der Waals surface area contributed by atoms with E-state index < -0.39 is 0 Å². The van der Waals surface area contributed by atoms with Crippen molar-refractivity contribution in [1.82, 2.24) is 15.0 Å². The van der Waals surface area contributed by atoms with Gasteiger partial charge in [-0.15, -0.1) is 11.3 Å². The highest BCUT2D eigenvalue weighted by molar-refractivity contribution is 7.13.